The van der Waals surface area contributed by atoms with E-state index in [1.54, 1.807) is 30.3 Å². The first kappa shape index (κ1) is 33.1. The molecule has 1 aromatic rings. The first-order valence-corrected chi connectivity index (χ1v) is 12.1. The third-order valence-corrected chi connectivity index (χ3v) is 5.37. The van der Waals surface area contributed by atoms with Crippen LogP contribution in [0, 0.1) is 16.0 Å². The van der Waals surface area contributed by atoms with E-state index in [2.05, 4.69) is 15.6 Å². The van der Waals surface area contributed by atoms with Crippen LogP contribution in [0.1, 0.15) is 38.7 Å². The van der Waals surface area contributed by atoms with E-state index in [0.717, 1.165) is 0 Å². The van der Waals surface area contributed by atoms with Gasteiger partial charge in [0.1, 0.15) is 18.7 Å². The minimum Gasteiger partial charge on any atom is -0.480 e. The highest BCUT2D eigenvalue weighted by atomic mass is 16.7. The summed E-state index contributed by atoms with van der Waals surface area (Å²) in [5.74, 6) is -6.04. The Hall–Kier alpha value is -4.96. The number of carbonyl (C=O) groups is 5. The molecule has 40 heavy (non-hydrogen) atoms. The monoisotopic (exact) mass is 566 g/mol. The SMILES string of the molecule is CC(C)[C@H](NC(=O)[C@H](CCCN=C(N)N)N(C(=O)[C@H](CC(N)=O)NC(=O)OCc1ccccc1)[N+](=O)[O-])C(=O)O. The Labute approximate surface area is 229 Å². The fourth-order valence-electron chi connectivity index (χ4n) is 3.44. The number of primary amides is 1. The van der Waals surface area contributed by atoms with E-state index in [9.17, 15) is 39.2 Å². The number of nitrogens with zero attached hydrogens (tertiary/aromatic N) is 3. The van der Waals surface area contributed by atoms with Crippen molar-refractivity contribution in [3.63, 3.8) is 0 Å². The third kappa shape index (κ3) is 11.2. The second-order valence-electron chi connectivity index (χ2n) is 8.88. The smallest absolute Gasteiger partial charge is 0.408 e. The minimum absolute atomic E-state index is 0.0416. The molecule has 17 heteroatoms. The molecule has 4 amide bonds. The number of benzene rings is 1. The standard InChI is InChI=1S/C23H34N8O9/c1-13(2)18(21(35)36)29-19(33)16(9-6-10-27-22(25)26)30(31(38)39)20(34)15(11-17(24)32)28-23(37)40-12-14-7-4-3-5-8-14/h3-5,7-8,13,15-16,18H,6,9-12H2,1-2H3,(H2,24,32)(H,28,37)(H,29,33)(H,35,36)(H4,25,26,27)/t15-,16-,18-/m0/s1. The number of hydrogen-bond donors (Lipinski definition) is 6. The molecular weight excluding hydrogens is 532 g/mol. The summed E-state index contributed by atoms with van der Waals surface area (Å²) in [6.45, 7) is 2.70. The Morgan fingerprint density at radius 1 is 1.10 bits per heavy atom. The van der Waals surface area contributed by atoms with Crippen LogP contribution in [0.25, 0.3) is 0 Å². The van der Waals surface area contributed by atoms with Crippen LogP contribution in [0.5, 0.6) is 0 Å². The van der Waals surface area contributed by atoms with Crippen LogP contribution >= 0.6 is 0 Å². The summed E-state index contributed by atoms with van der Waals surface area (Å²) >= 11 is 0. The molecule has 0 bridgehead atoms. The Morgan fingerprint density at radius 2 is 1.73 bits per heavy atom. The molecule has 0 spiro atoms. The summed E-state index contributed by atoms with van der Waals surface area (Å²) in [6.07, 6.45) is -2.48. The molecular formula is C23H34N8O9. The number of amides is 4. The van der Waals surface area contributed by atoms with Gasteiger partial charge in [-0.25, -0.2) is 19.7 Å². The second-order valence-corrected chi connectivity index (χ2v) is 8.88. The lowest BCUT2D eigenvalue weighted by Crippen LogP contribution is -2.60. The van der Waals surface area contributed by atoms with Gasteiger partial charge in [-0.1, -0.05) is 44.2 Å². The van der Waals surface area contributed by atoms with E-state index in [1.165, 1.54) is 13.8 Å². The lowest BCUT2D eigenvalue weighted by Gasteiger charge is -2.27. The molecule has 0 saturated heterocycles. The molecule has 0 aliphatic heterocycles. The lowest BCUT2D eigenvalue weighted by molar-refractivity contribution is -0.640. The van der Waals surface area contributed by atoms with Crippen molar-refractivity contribution < 1.29 is 38.8 Å². The summed E-state index contributed by atoms with van der Waals surface area (Å²) in [5, 5.41) is 24.5. The first-order valence-electron chi connectivity index (χ1n) is 12.1. The van der Waals surface area contributed by atoms with Crippen LogP contribution in [0.4, 0.5) is 4.79 Å². The maximum Gasteiger partial charge on any atom is 0.408 e. The van der Waals surface area contributed by atoms with Crippen molar-refractivity contribution in [3.05, 3.63) is 46.0 Å². The highest BCUT2D eigenvalue weighted by molar-refractivity contribution is 5.94. The van der Waals surface area contributed by atoms with Gasteiger partial charge in [0.05, 0.1) is 6.42 Å². The highest BCUT2D eigenvalue weighted by Gasteiger charge is 2.44. The number of alkyl carbamates (subject to hydrolysis) is 1. The highest BCUT2D eigenvalue weighted by Crippen LogP contribution is 2.14. The van der Waals surface area contributed by atoms with Crippen molar-refractivity contribution in [1.29, 1.82) is 0 Å². The topological polar surface area (TPSA) is 276 Å². The van der Waals surface area contributed by atoms with Crippen LogP contribution in [-0.2, 0) is 30.5 Å². The molecule has 220 valence electrons. The molecule has 0 radical (unpaired) electrons. The zero-order chi connectivity index (χ0) is 30.4. The molecule has 3 atom stereocenters. The zero-order valence-electron chi connectivity index (χ0n) is 22.0. The Morgan fingerprint density at radius 3 is 2.23 bits per heavy atom. The first-order chi connectivity index (χ1) is 18.7. The average molecular weight is 567 g/mol. The third-order valence-electron chi connectivity index (χ3n) is 5.37. The largest absolute Gasteiger partial charge is 0.480 e. The van der Waals surface area contributed by atoms with E-state index >= 15 is 0 Å². The number of guanidine groups is 1. The predicted molar refractivity (Wildman–Crippen MR) is 139 cm³/mol. The van der Waals surface area contributed by atoms with Gasteiger partial charge in [0, 0.05) is 6.54 Å². The van der Waals surface area contributed by atoms with Crippen LogP contribution in [0.3, 0.4) is 0 Å². The molecule has 0 fully saturated rings. The van der Waals surface area contributed by atoms with Gasteiger partial charge in [-0.2, -0.15) is 0 Å². The Balaban J connectivity index is 3.27. The lowest BCUT2D eigenvalue weighted by atomic mass is 10.0. The van der Waals surface area contributed by atoms with Crippen molar-refractivity contribution >= 4 is 35.7 Å². The predicted octanol–water partition coefficient (Wildman–Crippen LogP) is -1.18. The maximum absolute atomic E-state index is 13.3. The Kier molecular flexibility index (Phi) is 13.3. The molecule has 0 heterocycles. The number of aliphatic imine (C=N–C) groups is 1. The molecule has 0 aromatic heterocycles. The fourth-order valence-corrected chi connectivity index (χ4v) is 3.44. The number of carboxylic acid groups (broad SMARTS) is 1. The van der Waals surface area contributed by atoms with E-state index < -0.39 is 65.3 Å². The second kappa shape index (κ2) is 16.1. The van der Waals surface area contributed by atoms with Gasteiger partial charge in [-0.15, -0.1) is 0 Å². The van der Waals surface area contributed by atoms with E-state index in [4.69, 9.17) is 21.9 Å². The number of carbonyl (C=O) groups excluding carboxylic acids is 4. The summed E-state index contributed by atoms with van der Waals surface area (Å²) in [6, 6.07) is 3.22. The summed E-state index contributed by atoms with van der Waals surface area (Å²) in [7, 11) is 0. The normalized spacial score (nSPS) is 12.8. The number of rotatable bonds is 16. The van der Waals surface area contributed by atoms with Gasteiger partial charge in [0.2, 0.25) is 11.8 Å². The van der Waals surface area contributed by atoms with Crippen LogP contribution < -0.4 is 27.8 Å². The van der Waals surface area contributed by atoms with Crippen molar-refractivity contribution in [1.82, 2.24) is 15.6 Å². The molecule has 17 nitrogen and oxygen atoms in total. The molecule has 0 saturated carbocycles. The maximum atomic E-state index is 13.3. The molecule has 0 aliphatic rings. The van der Waals surface area contributed by atoms with Crippen LogP contribution in [-0.4, -0.2) is 75.6 Å². The summed E-state index contributed by atoms with van der Waals surface area (Å²) in [4.78, 5) is 77.8. The number of aliphatic carboxylic acids is 1. The Bertz CT molecular complexity index is 1090. The quantitative estimate of drug-likeness (QED) is 0.0455. The van der Waals surface area contributed by atoms with Gasteiger partial charge in [-0.3, -0.25) is 19.4 Å². The number of hydrogen-bond acceptors (Lipinski definition) is 9. The van der Waals surface area contributed by atoms with Crippen LogP contribution in [0.15, 0.2) is 35.3 Å². The number of nitrogens with two attached hydrogens (primary N) is 3. The van der Waals surface area contributed by atoms with E-state index in [1.807, 2.05) is 0 Å². The number of ether oxygens (including phenoxy) is 1. The zero-order valence-corrected chi connectivity index (χ0v) is 22.0. The van der Waals surface area contributed by atoms with Crippen LogP contribution in [0.2, 0.25) is 0 Å². The van der Waals surface area contributed by atoms with Gasteiger partial charge in [-0.05, 0) is 29.3 Å². The van der Waals surface area contributed by atoms with E-state index in [-0.39, 0.29) is 37.0 Å². The van der Waals surface area contributed by atoms with Gasteiger partial charge in [0.15, 0.2) is 17.0 Å². The average Bonchev–Trinajstić information content (AvgIpc) is 2.86. The summed E-state index contributed by atoms with van der Waals surface area (Å²) < 4.78 is 5.02. The molecule has 9 N–H and O–H groups in total. The molecule has 0 unspecified atom stereocenters. The number of carboxylic acids is 1. The van der Waals surface area contributed by atoms with Crippen molar-refractivity contribution in [2.75, 3.05) is 6.54 Å². The van der Waals surface area contributed by atoms with Crippen molar-refractivity contribution in [2.24, 2.45) is 28.1 Å². The summed E-state index contributed by atoms with van der Waals surface area (Å²) in [5.41, 5.74) is 16.3. The van der Waals surface area contributed by atoms with Gasteiger partial charge >= 0.3 is 18.0 Å². The molecule has 1 aromatic carbocycles. The fraction of sp³-hybridized carbons (Fsp3) is 0.478. The number of hydrazine groups is 1. The van der Waals surface area contributed by atoms with Crippen molar-refractivity contribution in [3.8, 4) is 0 Å². The van der Waals surface area contributed by atoms with Crippen molar-refractivity contribution in [2.45, 2.75) is 57.8 Å². The van der Waals surface area contributed by atoms with Gasteiger partial charge < -0.3 is 37.7 Å². The number of nitrogens with one attached hydrogen (secondary N) is 2. The molecule has 1 rings (SSSR count). The molecule has 0 aliphatic carbocycles. The van der Waals surface area contributed by atoms with E-state index in [0.29, 0.717) is 5.56 Å². The number of nitro groups is 1. The minimum atomic E-state index is -1.89. The van der Waals surface area contributed by atoms with Gasteiger partial charge in [0.25, 0.3) is 0 Å².